The molecule has 1 rings (SSSR count). The number of nitrogens with two attached hydrogens (primary N) is 1. The minimum Gasteiger partial charge on any atom is -0.493 e. The predicted molar refractivity (Wildman–Crippen MR) is 71.5 cm³/mol. The molecular formula is C13H19N3O3. The van der Waals surface area contributed by atoms with Crippen molar-refractivity contribution in [1.82, 2.24) is 10.7 Å². The highest BCUT2D eigenvalue weighted by Crippen LogP contribution is 2.18. The smallest absolute Gasteiger partial charge is 0.255 e. The van der Waals surface area contributed by atoms with Crippen molar-refractivity contribution in [2.24, 2.45) is 5.84 Å². The summed E-state index contributed by atoms with van der Waals surface area (Å²) in [6.07, 6.45) is 1.94. The van der Waals surface area contributed by atoms with Crippen LogP contribution in [0.15, 0.2) is 24.3 Å². The van der Waals surface area contributed by atoms with Gasteiger partial charge in [-0.1, -0.05) is 25.5 Å². The number of hydrazine groups is 1. The third-order valence-corrected chi connectivity index (χ3v) is 2.46. The summed E-state index contributed by atoms with van der Waals surface area (Å²) < 4.78 is 5.55. The predicted octanol–water partition coefficient (Wildman–Crippen LogP) is 0.585. The normalized spacial score (nSPS) is 9.79. The quantitative estimate of drug-likeness (QED) is 0.291. The Morgan fingerprint density at radius 2 is 2.05 bits per heavy atom. The number of benzene rings is 1. The summed E-state index contributed by atoms with van der Waals surface area (Å²) in [5.41, 5.74) is 2.35. The highest BCUT2D eigenvalue weighted by molar-refractivity contribution is 5.98. The lowest BCUT2D eigenvalue weighted by molar-refractivity contribution is -0.120. The van der Waals surface area contributed by atoms with E-state index in [0.29, 0.717) is 17.9 Å². The fraction of sp³-hybridized carbons (Fsp3) is 0.385. The molecule has 0 unspecified atom stereocenters. The zero-order chi connectivity index (χ0) is 14.1. The van der Waals surface area contributed by atoms with Crippen LogP contribution in [0.2, 0.25) is 0 Å². The van der Waals surface area contributed by atoms with Gasteiger partial charge < -0.3 is 10.1 Å². The van der Waals surface area contributed by atoms with E-state index in [0.717, 1.165) is 12.8 Å². The van der Waals surface area contributed by atoms with Crippen LogP contribution in [0.3, 0.4) is 0 Å². The van der Waals surface area contributed by atoms with Gasteiger partial charge in [0.2, 0.25) is 0 Å². The second kappa shape index (κ2) is 8.10. The van der Waals surface area contributed by atoms with Crippen molar-refractivity contribution in [3.05, 3.63) is 29.8 Å². The molecule has 0 fully saturated rings. The van der Waals surface area contributed by atoms with Gasteiger partial charge in [0.15, 0.2) is 0 Å². The summed E-state index contributed by atoms with van der Waals surface area (Å²) in [5, 5.41) is 2.47. The number of amides is 2. The average Bonchev–Trinajstić information content (AvgIpc) is 2.45. The van der Waals surface area contributed by atoms with E-state index >= 15 is 0 Å². The number of carbonyl (C=O) groups is 2. The highest BCUT2D eigenvalue weighted by Gasteiger charge is 2.12. The van der Waals surface area contributed by atoms with Gasteiger partial charge in [-0.3, -0.25) is 15.0 Å². The summed E-state index contributed by atoms with van der Waals surface area (Å²) in [6.45, 7) is 2.45. The van der Waals surface area contributed by atoms with Gasteiger partial charge in [0.25, 0.3) is 11.8 Å². The number of ether oxygens (including phenoxy) is 1. The number of carbonyl (C=O) groups excluding carboxylic acids is 2. The van der Waals surface area contributed by atoms with Gasteiger partial charge >= 0.3 is 0 Å². The van der Waals surface area contributed by atoms with E-state index in [2.05, 4.69) is 12.2 Å². The molecule has 0 saturated heterocycles. The van der Waals surface area contributed by atoms with Crippen molar-refractivity contribution in [3.8, 4) is 5.75 Å². The number of unbranched alkanes of at least 4 members (excludes halogenated alkanes) is 1. The summed E-state index contributed by atoms with van der Waals surface area (Å²) in [6, 6.07) is 6.92. The second-order valence-corrected chi connectivity index (χ2v) is 3.95. The SMILES string of the molecule is CCCCOc1ccccc1C(=O)NCC(=O)NN. The van der Waals surface area contributed by atoms with Gasteiger partial charge in [-0.25, -0.2) is 5.84 Å². The zero-order valence-corrected chi connectivity index (χ0v) is 10.9. The zero-order valence-electron chi connectivity index (χ0n) is 10.9. The van der Waals surface area contributed by atoms with Crippen molar-refractivity contribution >= 4 is 11.8 Å². The highest BCUT2D eigenvalue weighted by atomic mass is 16.5. The maximum atomic E-state index is 11.9. The number of para-hydroxylation sites is 1. The molecule has 0 radical (unpaired) electrons. The van der Waals surface area contributed by atoms with Crippen LogP contribution < -0.4 is 21.3 Å². The molecule has 0 atom stereocenters. The molecule has 1 aromatic carbocycles. The Morgan fingerprint density at radius 1 is 1.32 bits per heavy atom. The lowest BCUT2D eigenvalue weighted by atomic mass is 10.2. The van der Waals surface area contributed by atoms with E-state index < -0.39 is 5.91 Å². The average molecular weight is 265 g/mol. The van der Waals surface area contributed by atoms with Crippen molar-refractivity contribution < 1.29 is 14.3 Å². The maximum Gasteiger partial charge on any atom is 0.255 e. The van der Waals surface area contributed by atoms with Gasteiger partial charge in [-0.15, -0.1) is 0 Å². The largest absolute Gasteiger partial charge is 0.493 e. The Balaban J connectivity index is 2.65. The molecule has 0 spiro atoms. The van der Waals surface area contributed by atoms with E-state index in [1.54, 1.807) is 24.3 Å². The first-order chi connectivity index (χ1) is 9.19. The Labute approximate surface area is 112 Å². The Kier molecular flexibility index (Phi) is 6.38. The Bertz CT molecular complexity index is 435. The number of hydrogen-bond acceptors (Lipinski definition) is 4. The first kappa shape index (κ1) is 15.0. The molecule has 0 aliphatic carbocycles. The van der Waals surface area contributed by atoms with Crippen LogP contribution >= 0.6 is 0 Å². The molecule has 104 valence electrons. The maximum absolute atomic E-state index is 11.9. The molecular weight excluding hydrogens is 246 g/mol. The molecule has 0 aromatic heterocycles. The minimum atomic E-state index is -0.460. The van der Waals surface area contributed by atoms with Crippen LogP contribution in [0.1, 0.15) is 30.1 Å². The third-order valence-electron chi connectivity index (χ3n) is 2.46. The lowest BCUT2D eigenvalue weighted by Gasteiger charge is -2.11. The fourth-order valence-electron chi connectivity index (χ4n) is 1.41. The number of rotatable bonds is 7. The first-order valence-electron chi connectivity index (χ1n) is 6.18. The molecule has 1 aromatic rings. The van der Waals surface area contributed by atoms with E-state index in [1.165, 1.54) is 0 Å². The number of nitrogens with one attached hydrogen (secondary N) is 2. The van der Waals surface area contributed by atoms with Crippen molar-refractivity contribution in [2.75, 3.05) is 13.2 Å². The molecule has 0 bridgehead atoms. The first-order valence-corrected chi connectivity index (χ1v) is 6.18. The van der Waals surface area contributed by atoms with E-state index in [9.17, 15) is 9.59 Å². The van der Waals surface area contributed by atoms with E-state index in [-0.39, 0.29) is 12.5 Å². The van der Waals surface area contributed by atoms with Gasteiger partial charge in [-0.05, 0) is 18.6 Å². The standard InChI is InChI=1S/C13H19N3O3/c1-2-3-8-19-11-7-5-4-6-10(11)13(18)15-9-12(17)16-14/h4-7H,2-3,8-9,14H2,1H3,(H,15,18)(H,16,17). The Hall–Kier alpha value is -2.08. The van der Waals surface area contributed by atoms with Crippen LogP contribution in [-0.2, 0) is 4.79 Å². The number of hydrogen-bond donors (Lipinski definition) is 3. The fourth-order valence-corrected chi connectivity index (χ4v) is 1.41. The van der Waals surface area contributed by atoms with E-state index in [1.807, 2.05) is 5.43 Å². The molecule has 0 aliphatic heterocycles. The van der Waals surface area contributed by atoms with Crippen LogP contribution in [0.25, 0.3) is 0 Å². The molecule has 19 heavy (non-hydrogen) atoms. The minimum absolute atomic E-state index is 0.168. The molecule has 6 nitrogen and oxygen atoms in total. The second-order valence-electron chi connectivity index (χ2n) is 3.95. The summed E-state index contributed by atoms with van der Waals surface area (Å²) in [5.74, 6) is 4.62. The van der Waals surface area contributed by atoms with Crippen molar-refractivity contribution in [2.45, 2.75) is 19.8 Å². The molecule has 4 N–H and O–H groups in total. The Morgan fingerprint density at radius 3 is 2.74 bits per heavy atom. The lowest BCUT2D eigenvalue weighted by Crippen LogP contribution is -2.40. The van der Waals surface area contributed by atoms with Gasteiger partial charge in [-0.2, -0.15) is 0 Å². The van der Waals surface area contributed by atoms with Gasteiger partial charge in [0, 0.05) is 0 Å². The monoisotopic (exact) mass is 265 g/mol. The van der Waals surface area contributed by atoms with Crippen molar-refractivity contribution in [1.29, 1.82) is 0 Å². The molecule has 0 saturated carbocycles. The van der Waals surface area contributed by atoms with Crippen LogP contribution in [-0.4, -0.2) is 25.0 Å². The molecule has 0 heterocycles. The summed E-state index contributed by atoms with van der Waals surface area (Å²) >= 11 is 0. The summed E-state index contributed by atoms with van der Waals surface area (Å²) in [7, 11) is 0. The van der Waals surface area contributed by atoms with Crippen LogP contribution in [0, 0.1) is 0 Å². The van der Waals surface area contributed by atoms with Gasteiger partial charge in [0.05, 0.1) is 18.7 Å². The van der Waals surface area contributed by atoms with Crippen LogP contribution in [0.5, 0.6) is 5.75 Å². The summed E-state index contributed by atoms with van der Waals surface area (Å²) in [4.78, 5) is 22.9. The third kappa shape index (κ3) is 4.97. The molecule has 0 aliphatic rings. The van der Waals surface area contributed by atoms with E-state index in [4.69, 9.17) is 10.6 Å². The van der Waals surface area contributed by atoms with Crippen molar-refractivity contribution in [3.63, 3.8) is 0 Å². The van der Waals surface area contributed by atoms with Crippen LogP contribution in [0.4, 0.5) is 0 Å². The van der Waals surface area contributed by atoms with Gasteiger partial charge in [0.1, 0.15) is 5.75 Å². The molecule has 2 amide bonds. The topological polar surface area (TPSA) is 93.4 Å². The molecule has 6 heteroatoms.